The first kappa shape index (κ1) is 73.2. The van der Waals surface area contributed by atoms with E-state index in [9.17, 15) is 47.9 Å². The fraction of sp³-hybridized carbons (Fsp3) is 0.635. The summed E-state index contributed by atoms with van der Waals surface area (Å²) in [5, 5.41) is 14.1. The lowest BCUT2D eigenvalue weighted by atomic mass is 9.85. The van der Waals surface area contributed by atoms with Crippen molar-refractivity contribution in [1.82, 2.24) is 41.0 Å². The third-order valence-corrected chi connectivity index (χ3v) is 15.4. The molecule has 5 heterocycles. The van der Waals surface area contributed by atoms with Crippen molar-refractivity contribution in [2.45, 2.75) is 207 Å². The van der Waals surface area contributed by atoms with Crippen molar-refractivity contribution >= 4 is 76.3 Å². The number of carbonyl (C=O) groups is 9. The largest absolute Gasteiger partial charge is 0.457 e. The molecule has 23 heteroatoms. The molecule has 3 aliphatic rings. The van der Waals surface area contributed by atoms with Crippen LogP contribution < -0.4 is 32.1 Å². The second-order valence-electron chi connectivity index (χ2n) is 21.2. The maximum atomic E-state index is 13.6. The first-order chi connectivity index (χ1) is 41.4. The molecule has 478 valence electrons. The molecule has 7 amide bonds. The van der Waals surface area contributed by atoms with Crippen molar-refractivity contribution in [2.75, 3.05) is 52.7 Å². The average molecular weight is 1220 g/mol. The van der Waals surface area contributed by atoms with Gasteiger partial charge in [-0.3, -0.25) is 33.7 Å². The predicted octanol–water partition coefficient (Wildman–Crippen LogP) is 9.02. The van der Waals surface area contributed by atoms with Gasteiger partial charge in [-0.1, -0.05) is 104 Å². The minimum absolute atomic E-state index is 0.00529. The number of esters is 2. The van der Waals surface area contributed by atoms with Gasteiger partial charge >= 0.3 is 24.1 Å². The van der Waals surface area contributed by atoms with E-state index in [4.69, 9.17) is 19.2 Å². The molecular weight excluding hydrogens is 1120 g/mol. The Morgan fingerprint density at radius 1 is 0.733 bits per heavy atom. The number of thioether (sulfide) groups is 1. The monoisotopic (exact) mass is 1220 g/mol. The molecule has 0 saturated carbocycles. The Morgan fingerprint density at radius 2 is 1.38 bits per heavy atom. The van der Waals surface area contributed by atoms with Crippen molar-refractivity contribution in [1.29, 1.82) is 0 Å². The van der Waals surface area contributed by atoms with Crippen LogP contribution in [0, 0.1) is 0 Å². The van der Waals surface area contributed by atoms with Gasteiger partial charge in [-0.05, 0) is 89.7 Å². The van der Waals surface area contributed by atoms with E-state index in [1.807, 2.05) is 50.4 Å². The number of hydrogen-bond donors (Lipinski definition) is 5. The third kappa shape index (κ3) is 23.7. The lowest BCUT2D eigenvalue weighted by Gasteiger charge is -2.36. The van der Waals surface area contributed by atoms with Gasteiger partial charge < -0.3 is 50.1 Å². The fourth-order valence-electron chi connectivity index (χ4n) is 9.52. The van der Waals surface area contributed by atoms with Gasteiger partial charge in [-0.25, -0.2) is 24.2 Å². The van der Waals surface area contributed by atoms with Crippen molar-refractivity contribution in [3.8, 4) is 11.4 Å². The Morgan fingerprint density at radius 3 is 2.06 bits per heavy atom. The van der Waals surface area contributed by atoms with E-state index in [-0.39, 0.29) is 77.7 Å². The minimum Gasteiger partial charge on any atom is -0.457 e. The van der Waals surface area contributed by atoms with Crippen LogP contribution in [0.3, 0.4) is 0 Å². The van der Waals surface area contributed by atoms with Crippen LogP contribution in [0.15, 0.2) is 41.2 Å². The fourth-order valence-corrected chi connectivity index (χ4v) is 10.2. The van der Waals surface area contributed by atoms with Gasteiger partial charge in [-0.15, -0.1) is 0 Å². The number of pyridine rings is 2. The quantitative estimate of drug-likeness (QED) is 0.0136. The highest BCUT2D eigenvalue weighted by Gasteiger charge is 2.51. The number of fused-ring (bicyclic) bond motifs is 5. The minimum atomic E-state index is -1.87. The normalized spacial score (nSPS) is 15.5. The Balaban J connectivity index is 0.000000355. The zero-order chi connectivity index (χ0) is 63.4. The van der Waals surface area contributed by atoms with Crippen LogP contribution >= 0.6 is 11.8 Å². The van der Waals surface area contributed by atoms with E-state index in [0.29, 0.717) is 63.3 Å². The zero-order valence-corrected chi connectivity index (χ0v) is 53.2. The van der Waals surface area contributed by atoms with Gasteiger partial charge in [0.25, 0.3) is 5.56 Å². The number of benzene rings is 1. The number of nitrogens with zero attached hydrogens (tertiary/aromatic N) is 3. The van der Waals surface area contributed by atoms with Crippen LogP contribution in [0.5, 0.6) is 0 Å². The number of nitrogens with one attached hydrogen (secondary N) is 5. The highest BCUT2D eigenvalue weighted by atomic mass is 32.2. The summed E-state index contributed by atoms with van der Waals surface area (Å²) in [5.74, 6) is -1.93. The summed E-state index contributed by atoms with van der Waals surface area (Å²) >= 11 is 1.44. The number of aromatic nitrogens is 2. The molecule has 86 heavy (non-hydrogen) atoms. The number of carbonyl (C=O) groups excluding carboxylic acids is 9. The predicted molar refractivity (Wildman–Crippen MR) is 332 cm³/mol. The van der Waals surface area contributed by atoms with Crippen molar-refractivity contribution in [2.24, 2.45) is 0 Å². The third-order valence-electron chi connectivity index (χ3n) is 14.4. The number of alkyl carbamates (subject to hydrolysis) is 2. The molecular formula is C63H96N8O14S. The number of amides is 7. The van der Waals surface area contributed by atoms with E-state index in [1.165, 1.54) is 56.4 Å². The average Bonchev–Trinajstić information content (AvgIpc) is 1.84. The van der Waals surface area contributed by atoms with E-state index in [1.54, 1.807) is 17.6 Å². The van der Waals surface area contributed by atoms with Crippen LogP contribution in [0.1, 0.15) is 194 Å². The SMILES string of the molecule is CCCCCCCNC(=O)CCC.CCCCCOC(=O)NCCCC.CCNC(=O)CCCCCN1C(=O)CC(SC)C1=O.CC[C@@]1(OC(=O)C(C)NC(=O)CCCNC(=O)OC)C(=O)OCc2c1cc1n(c2=O)Cc2cc3ccccc3nc2-1. The second kappa shape index (κ2) is 40.4. The van der Waals surface area contributed by atoms with E-state index in [0.717, 1.165) is 93.8 Å². The number of rotatable bonds is 31. The second-order valence-corrected chi connectivity index (χ2v) is 22.2. The molecule has 2 unspecified atom stereocenters. The molecule has 0 radical (unpaired) electrons. The summed E-state index contributed by atoms with van der Waals surface area (Å²) in [6.07, 6.45) is 17.9. The van der Waals surface area contributed by atoms with E-state index >= 15 is 0 Å². The Labute approximate surface area is 511 Å². The van der Waals surface area contributed by atoms with Crippen LogP contribution in [-0.4, -0.2) is 132 Å². The summed E-state index contributed by atoms with van der Waals surface area (Å²) in [7, 11) is 1.24. The number of cyclic esters (lactones) is 1. The highest BCUT2D eigenvalue weighted by Crippen LogP contribution is 2.41. The number of methoxy groups -OCH3 is 1. The molecule has 0 spiro atoms. The molecule has 1 saturated heterocycles. The number of hydrogen-bond acceptors (Lipinski definition) is 16. The summed E-state index contributed by atoms with van der Waals surface area (Å²) < 4.78 is 22.2. The Hall–Kier alpha value is -7.04. The summed E-state index contributed by atoms with van der Waals surface area (Å²) in [6.45, 7) is 17.0. The zero-order valence-electron chi connectivity index (χ0n) is 52.4. The Kier molecular flexibility index (Phi) is 34.4. The Bertz CT molecular complexity index is 2760. The van der Waals surface area contributed by atoms with E-state index in [2.05, 4.69) is 52.1 Å². The standard InChI is InChI=1S/C29H30N4O8.C13H22N2O3S.C11H23NO.C10H21NO2/c1-4-29(41-26(36)16(2)31-23(34)10-7-11-30-28(38)39-3)20-13-22-24-18(12-17-8-5-6-9-21(17)32-24)14-33(22)25(35)19(20)15-40-27(29)37;1-3-14-11(16)7-5-4-6-8-15-12(17)9-10(19-2)13(15)18;1-3-5-6-7-8-10-12-11(13)9-4-2;1-3-5-7-9-13-10(12)11-8-6-4-2/h5-6,8-9,12-13,16H,4,7,10-11,14-15H2,1-3H3,(H,30,38)(H,31,34);10H,3-9H2,1-2H3,(H,14,16);3-10H2,1-2H3,(H,12,13);3-9H2,1-2H3,(H,11,12)/t16?,29-;;;/m0.../s1. The number of ether oxygens (including phenoxy) is 4. The molecule has 6 rings (SSSR count). The maximum Gasteiger partial charge on any atom is 0.407 e. The van der Waals surface area contributed by atoms with Crippen molar-refractivity contribution < 1.29 is 62.1 Å². The number of imide groups is 1. The molecule has 1 aromatic carbocycles. The first-order valence-corrected chi connectivity index (χ1v) is 32.2. The molecule has 0 bridgehead atoms. The van der Waals surface area contributed by atoms with Gasteiger partial charge in [0, 0.05) is 74.9 Å². The smallest absolute Gasteiger partial charge is 0.407 e. The van der Waals surface area contributed by atoms with E-state index < -0.39 is 35.6 Å². The number of unbranched alkanes of at least 4 members (excludes halogenated alkanes) is 9. The first-order valence-electron chi connectivity index (χ1n) is 30.9. The van der Waals surface area contributed by atoms with Gasteiger partial charge in [0.1, 0.15) is 12.6 Å². The molecule has 5 N–H and O–H groups in total. The summed E-state index contributed by atoms with van der Waals surface area (Å²) in [5.41, 5.74) is 1.06. The lowest BCUT2D eigenvalue weighted by molar-refractivity contribution is -0.190. The summed E-state index contributed by atoms with van der Waals surface area (Å²) in [6, 6.07) is 10.2. The van der Waals surface area contributed by atoms with Gasteiger partial charge in [0.05, 0.1) is 48.0 Å². The molecule has 0 aliphatic carbocycles. The molecule has 2 aromatic heterocycles. The molecule has 3 aromatic rings. The number of likely N-dealkylation sites (tertiary alicyclic amines) is 1. The van der Waals surface area contributed by atoms with Crippen LogP contribution in [-0.2, 0) is 71.3 Å². The molecule has 3 atom stereocenters. The van der Waals surface area contributed by atoms with Crippen LogP contribution in [0.25, 0.3) is 22.3 Å². The van der Waals surface area contributed by atoms with Gasteiger partial charge in [0.2, 0.25) is 35.1 Å². The van der Waals surface area contributed by atoms with Crippen LogP contribution in [0.4, 0.5) is 9.59 Å². The van der Waals surface area contributed by atoms with Crippen LogP contribution in [0.2, 0.25) is 0 Å². The molecule has 22 nitrogen and oxygen atoms in total. The van der Waals surface area contributed by atoms with Gasteiger partial charge in [-0.2, -0.15) is 11.8 Å². The molecule has 3 aliphatic heterocycles. The summed E-state index contributed by atoms with van der Waals surface area (Å²) in [4.78, 5) is 126. The highest BCUT2D eigenvalue weighted by molar-refractivity contribution is 8.00. The topological polar surface area (TPSA) is 289 Å². The maximum absolute atomic E-state index is 13.6. The molecule has 1 fully saturated rings. The van der Waals surface area contributed by atoms with Crippen molar-refractivity contribution in [3.63, 3.8) is 0 Å². The van der Waals surface area contributed by atoms with Crippen molar-refractivity contribution in [3.05, 3.63) is 63.4 Å². The number of para-hydroxylation sites is 1. The van der Waals surface area contributed by atoms with Gasteiger partial charge in [0.15, 0.2) is 0 Å². The lowest BCUT2D eigenvalue weighted by Crippen LogP contribution is -2.50.